The van der Waals surface area contributed by atoms with Gasteiger partial charge in [-0.3, -0.25) is 0 Å². The van der Waals surface area contributed by atoms with Crippen molar-refractivity contribution in [2.45, 2.75) is 146 Å². The average molecular weight is 559 g/mol. The molecule has 0 bridgehead atoms. The Morgan fingerprint density at radius 1 is 0.868 bits per heavy atom. The van der Waals surface area contributed by atoms with Gasteiger partial charge in [0.05, 0.1) is 0 Å². The first-order valence-corrected chi connectivity index (χ1v) is 15.6. The predicted molar refractivity (Wildman–Crippen MR) is 150 cm³/mol. The van der Waals surface area contributed by atoms with Gasteiger partial charge in [-0.2, -0.15) is 0 Å². The van der Waals surface area contributed by atoms with Crippen molar-refractivity contribution in [2.24, 2.45) is 0 Å². The zero-order chi connectivity index (χ0) is 27.8. The minimum absolute atomic E-state index is 0.113. The topological polar surface area (TPSA) is 29.5 Å². The lowest BCUT2D eigenvalue weighted by atomic mass is 9.77. The van der Waals surface area contributed by atoms with Gasteiger partial charge in [-0.15, -0.1) is 0 Å². The Morgan fingerprint density at radius 3 is 2.03 bits per heavy atom. The van der Waals surface area contributed by atoms with Gasteiger partial charge in [-0.05, 0) is 73.0 Å². The fraction of sp³-hybridized carbons (Fsp3) is 0.742. The number of rotatable bonds is 13. The maximum absolute atomic E-state index is 15.3. The summed E-state index contributed by atoms with van der Waals surface area (Å²) < 4.78 is 75.3. The number of ether oxygens (including phenoxy) is 1. The van der Waals surface area contributed by atoms with Crippen LogP contribution in [0.25, 0.3) is 0 Å². The highest BCUT2D eigenvalue weighted by Gasteiger charge is 2.49. The number of benzene rings is 1. The maximum Gasteiger partial charge on any atom is 0.186 e. The molecule has 38 heavy (non-hydrogen) atoms. The minimum Gasteiger partial charge on any atom is -0.479 e. The molecule has 7 heteroatoms. The molecule has 1 saturated carbocycles. The third-order valence-corrected chi connectivity index (χ3v) is 9.19. The smallest absolute Gasteiger partial charge is 0.186 e. The lowest BCUT2D eigenvalue weighted by Gasteiger charge is -2.35. The molecule has 0 saturated heterocycles. The fourth-order valence-electron chi connectivity index (χ4n) is 6.43. The van der Waals surface area contributed by atoms with Crippen LogP contribution in [-0.4, -0.2) is 28.3 Å². The van der Waals surface area contributed by atoms with E-state index in [4.69, 9.17) is 4.74 Å². The Balaban J connectivity index is 2.21. The van der Waals surface area contributed by atoms with Crippen LogP contribution in [-0.2, 0) is 0 Å². The summed E-state index contributed by atoms with van der Waals surface area (Å²) in [5.74, 6) is -1.84. The monoisotopic (exact) mass is 558 g/mol. The van der Waals surface area contributed by atoms with E-state index < -0.39 is 35.4 Å². The molecule has 2 aliphatic carbocycles. The van der Waals surface area contributed by atoms with Gasteiger partial charge >= 0.3 is 0 Å². The van der Waals surface area contributed by atoms with Crippen LogP contribution in [0.15, 0.2) is 23.8 Å². The summed E-state index contributed by atoms with van der Waals surface area (Å²) in [7, 11) is 0. The lowest BCUT2D eigenvalue weighted by molar-refractivity contribution is 0.0325. The largest absolute Gasteiger partial charge is 0.479 e. The summed E-state index contributed by atoms with van der Waals surface area (Å²) >= 11 is -0.207. The van der Waals surface area contributed by atoms with Crippen molar-refractivity contribution in [3.05, 3.63) is 40.5 Å². The van der Waals surface area contributed by atoms with Crippen LogP contribution >= 0.6 is 12.0 Å². The normalized spacial score (nSPS) is 25.7. The molecule has 0 heterocycles. The van der Waals surface area contributed by atoms with Gasteiger partial charge in [0, 0.05) is 12.0 Å². The summed E-state index contributed by atoms with van der Waals surface area (Å²) in [4.78, 5) is 0. The average Bonchev–Trinajstić information content (AvgIpc) is 2.93. The zero-order valence-corrected chi connectivity index (χ0v) is 24.3. The highest BCUT2D eigenvalue weighted by atomic mass is 32.2. The van der Waals surface area contributed by atoms with Gasteiger partial charge in [-0.25, -0.2) is 17.6 Å². The van der Waals surface area contributed by atoms with Crippen LogP contribution in [0.5, 0.6) is 5.75 Å². The Labute approximate surface area is 231 Å². The van der Waals surface area contributed by atoms with Crippen molar-refractivity contribution >= 4 is 12.0 Å². The molecule has 0 spiro atoms. The molecule has 5 atom stereocenters. The Kier molecular flexibility index (Phi) is 12.3. The van der Waals surface area contributed by atoms with E-state index in [1.54, 1.807) is 0 Å². The summed E-state index contributed by atoms with van der Waals surface area (Å²) in [5.41, 5.74) is 3.10. The second kappa shape index (κ2) is 15.0. The van der Waals surface area contributed by atoms with Gasteiger partial charge in [-0.1, -0.05) is 78.4 Å². The number of alkyl halides is 2. The maximum atomic E-state index is 15.3. The summed E-state index contributed by atoms with van der Waals surface area (Å²) in [6.07, 6.45) is 5.27. The van der Waals surface area contributed by atoms with Crippen molar-refractivity contribution in [3.8, 4) is 5.75 Å². The van der Waals surface area contributed by atoms with E-state index in [1.807, 2.05) is 0 Å². The molecule has 2 nitrogen and oxygen atoms in total. The SMILES string of the molecule is CCCC(CCC)c1cc(C(CC)CCC)c(OC2C(F)=C(F)C(SO)C(F)C2F)c(C2CCCCC2)c1. The van der Waals surface area contributed by atoms with Crippen molar-refractivity contribution in [3.63, 3.8) is 0 Å². The van der Waals surface area contributed by atoms with Crippen molar-refractivity contribution in [1.29, 1.82) is 0 Å². The second-order valence-corrected chi connectivity index (χ2v) is 11.9. The van der Waals surface area contributed by atoms with E-state index in [2.05, 4.69) is 39.8 Å². The molecular formula is C31H46F4O2S. The quantitative estimate of drug-likeness (QED) is 0.193. The Morgan fingerprint density at radius 2 is 1.47 bits per heavy atom. The molecule has 0 aromatic heterocycles. The van der Waals surface area contributed by atoms with E-state index in [1.165, 1.54) is 5.56 Å². The molecular weight excluding hydrogens is 512 g/mol. The third kappa shape index (κ3) is 6.92. The number of hydrogen-bond acceptors (Lipinski definition) is 3. The Bertz CT molecular complexity index is 885. The summed E-state index contributed by atoms with van der Waals surface area (Å²) in [5, 5.41) is -1.92. The van der Waals surface area contributed by atoms with Crippen molar-refractivity contribution < 1.29 is 26.9 Å². The van der Waals surface area contributed by atoms with Gasteiger partial charge in [0.15, 0.2) is 30.1 Å². The lowest BCUT2D eigenvalue weighted by Crippen LogP contribution is -2.46. The highest BCUT2D eigenvalue weighted by Crippen LogP contribution is 2.48. The van der Waals surface area contributed by atoms with Crippen molar-refractivity contribution in [1.82, 2.24) is 0 Å². The van der Waals surface area contributed by atoms with E-state index in [0.29, 0.717) is 11.7 Å². The number of halogens is 4. The van der Waals surface area contributed by atoms with Gasteiger partial charge in [0.2, 0.25) is 0 Å². The molecule has 2 aliphatic rings. The predicted octanol–water partition coefficient (Wildman–Crippen LogP) is 10.9. The van der Waals surface area contributed by atoms with Gasteiger partial charge in [0.1, 0.15) is 11.0 Å². The molecule has 1 aromatic carbocycles. The van der Waals surface area contributed by atoms with Gasteiger partial charge in [0.25, 0.3) is 0 Å². The van der Waals surface area contributed by atoms with Crippen LogP contribution in [0, 0.1) is 0 Å². The van der Waals surface area contributed by atoms with Crippen LogP contribution in [0.1, 0.15) is 139 Å². The molecule has 1 fully saturated rings. The zero-order valence-electron chi connectivity index (χ0n) is 23.5. The van der Waals surface area contributed by atoms with E-state index in [9.17, 15) is 13.3 Å². The second-order valence-electron chi connectivity index (χ2n) is 11.2. The van der Waals surface area contributed by atoms with Crippen LogP contribution in [0.3, 0.4) is 0 Å². The first kappa shape index (κ1) is 31.3. The third-order valence-electron chi connectivity index (χ3n) is 8.50. The van der Waals surface area contributed by atoms with Crippen LogP contribution in [0.2, 0.25) is 0 Å². The molecule has 1 N–H and O–H groups in total. The van der Waals surface area contributed by atoms with Crippen LogP contribution in [0.4, 0.5) is 17.6 Å². The first-order chi connectivity index (χ1) is 18.3. The first-order valence-electron chi connectivity index (χ1n) is 14.8. The Hall–Kier alpha value is -1.21. The van der Waals surface area contributed by atoms with E-state index in [0.717, 1.165) is 88.2 Å². The molecule has 3 rings (SSSR count). The minimum atomic E-state index is -2.43. The molecule has 0 amide bonds. The molecule has 0 aliphatic heterocycles. The van der Waals surface area contributed by atoms with Crippen molar-refractivity contribution in [2.75, 3.05) is 0 Å². The van der Waals surface area contributed by atoms with Gasteiger partial charge < -0.3 is 9.29 Å². The molecule has 1 aromatic rings. The summed E-state index contributed by atoms with van der Waals surface area (Å²) in [6, 6.07) is 4.34. The standard InChI is InChI=1S/C31H46F4O2S/c1-5-12-19(8-4)23-17-22(20(13-6-2)14-7-3)18-24(21-15-10-9-11-16-21)29(23)37-30-25(32)27(34)31(38-36)28(35)26(30)33/h17-21,25,27,30-31,36H,5-16H2,1-4H3. The molecule has 216 valence electrons. The van der Waals surface area contributed by atoms with E-state index >= 15 is 8.78 Å². The summed E-state index contributed by atoms with van der Waals surface area (Å²) in [6.45, 7) is 8.60. The highest BCUT2D eigenvalue weighted by molar-refractivity contribution is 7.94. The van der Waals surface area contributed by atoms with E-state index in [-0.39, 0.29) is 23.9 Å². The molecule has 0 radical (unpaired) electrons. The number of hydrogen-bond donors (Lipinski definition) is 1. The van der Waals surface area contributed by atoms with Crippen LogP contribution < -0.4 is 4.74 Å². The fourth-order valence-corrected chi connectivity index (χ4v) is 6.90. The molecule has 5 unspecified atom stereocenters.